The van der Waals surface area contributed by atoms with Crippen LogP contribution in [0, 0.1) is 0 Å². The van der Waals surface area contributed by atoms with Crippen LogP contribution in [0.5, 0.6) is 5.75 Å². The second-order valence-electron chi connectivity index (χ2n) is 5.99. The number of hydrogen-bond acceptors (Lipinski definition) is 1. The third kappa shape index (κ3) is 2.00. The molecule has 0 unspecified atom stereocenters. The number of rotatable bonds is 2. The summed E-state index contributed by atoms with van der Waals surface area (Å²) in [5.41, 5.74) is 6.59. The Morgan fingerprint density at radius 2 is 1.55 bits per heavy atom. The van der Waals surface area contributed by atoms with Crippen LogP contribution in [0.3, 0.4) is 0 Å². The van der Waals surface area contributed by atoms with E-state index in [0.717, 1.165) is 18.6 Å². The highest BCUT2D eigenvalue weighted by atomic mass is 16.5. The van der Waals surface area contributed by atoms with E-state index in [1.54, 1.807) is 0 Å². The van der Waals surface area contributed by atoms with Gasteiger partial charge in [0.15, 0.2) is 0 Å². The van der Waals surface area contributed by atoms with Crippen LogP contribution in [-0.2, 0) is 19.4 Å². The molecule has 0 amide bonds. The molecule has 1 aliphatic heterocycles. The summed E-state index contributed by atoms with van der Waals surface area (Å²) in [6.45, 7) is 5.06. The molecule has 1 nitrogen and oxygen atoms in total. The fourth-order valence-corrected chi connectivity index (χ4v) is 3.34. The van der Waals surface area contributed by atoms with Gasteiger partial charge >= 0.3 is 0 Å². The van der Waals surface area contributed by atoms with Crippen LogP contribution in [0.15, 0.2) is 48.5 Å². The fraction of sp³-hybridized carbons (Fsp3) is 0.238. The molecule has 0 bridgehead atoms. The number of ether oxygens (including phenoxy) is 1. The van der Waals surface area contributed by atoms with E-state index in [9.17, 15) is 0 Å². The van der Waals surface area contributed by atoms with E-state index in [4.69, 9.17) is 4.74 Å². The summed E-state index contributed by atoms with van der Waals surface area (Å²) in [5, 5.41) is 2.49. The van der Waals surface area contributed by atoms with Gasteiger partial charge in [-0.1, -0.05) is 62.4 Å². The van der Waals surface area contributed by atoms with Gasteiger partial charge < -0.3 is 4.74 Å². The molecule has 4 rings (SSSR count). The van der Waals surface area contributed by atoms with Crippen molar-refractivity contribution < 1.29 is 4.74 Å². The Kier molecular flexibility index (Phi) is 3.15. The first-order valence-corrected chi connectivity index (χ1v) is 8.10. The molecule has 0 fully saturated rings. The standard InChI is InChI=1S/C21H20O/c1-3-14-6-9-19-16(11-14)7-10-20-18-8-5-15(4-2)12-17(18)13-22-21(19)20/h5-12H,3-4,13H2,1-2H3. The van der Waals surface area contributed by atoms with Crippen LogP contribution < -0.4 is 4.74 Å². The van der Waals surface area contributed by atoms with E-state index >= 15 is 0 Å². The lowest BCUT2D eigenvalue weighted by Crippen LogP contribution is -2.06. The Morgan fingerprint density at radius 3 is 2.36 bits per heavy atom. The maximum Gasteiger partial charge on any atom is 0.135 e. The zero-order valence-electron chi connectivity index (χ0n) is 13.1. The fourth-order valence-electron chi connectivity index (χ4n) is 3.34. The number of hydrogen-bond donors (Lipinski definition) is 0. The van der Waals surface area contributed by atoms with Gasteiger partial charge in [-0.3, -0.25) is 0 Å². The summed E-state index contributed by atoms with van der Waals surface area (Å²) in [7, 11) is 0. The Labute approximate surface area is 131 Å². The molecule has 1 aliphatic rings. The minimum atomic E-state index is 0.671. The first-order chi connectivity index (χ1) is 10.8. The molecule has 0 saturated carbocycles. The molecule has 0 spiro atoms. The highest BCUT2D eigenvalue weighted by Crippen LogP contribution is 2.42. The van der Waals surface area contributed by atoms with Crippen molar-refractivity contribution in [3.8, 4) is 16.9 Å². The number of fused-ring (bicyclic) bond motifs is 5. The van der Waals surface area contributed by atoms with E-state index in [0.29, 0.717) is 6.61 Å². The quantitative estimate of drug-likeness (QED) is 0.603. The molecule has 0 atom stereocenters. The summed E-state index contributed by atoms with van der Waals surface area (Å²) < 4.78 is 6.14. The molecule has 1 heteroatoms. The van der Waals surface area contributed by atoms with Crippen molar-refractivity contribution >= 4 is 10.8 Å². The molecule has 3 aromatic rings. The van der Waals surface area contributed by atoms with Gasteiger partial charge in [0.2, 0.25) is 0 Å². The molecule has 0 saturated heterocycles. The van der Waals surface area contributed by atoms with Crippen molar-refractivity contribution in [3.63, 3.8) is 0 Å². The van der Waals surface area contributed by atoms with Crippen LogP contribution in [0.25, 0.3) is 21.9 Å². The highest BCUT2D eigenvalue weighted by molar-refractivity contribution is 5.96. The van der Waals surface area contributed by atoms with Gasteiger partial charge in [-0.15, -0.1) is 0 Å². The molecular weight excluding hydrogens is 268 g/mol. The van der Waals surface area contributed by atoms with Crippen LogP contribution in [0.2, 0.25) is 0 Å². The number of benzene rings is 3. The van der Waals surface area contributed by atoms with Crippen molar-refractivity contribution in [1.82, 2.24) is 0 Å². The Morgan fingerprint density at radius 1 is 0.818 bits per heavy atom. The maximum absolute atomic E-state index is 6.14. The summed E-state index contributed by atoms with van der Waals surface area (Å²) >= 11 is 0. The minimum Gasteiger partial charge on any atom is -0.488 e. The summed E-state index contributed by atoms with van der Waals surface area (Å²) in [6.07, 6.45) is 2.13. The van der Waals surface area contributed by atoms with Crippen molar-refractivity contribution in [2.24, 2.45) is 0 Å². The molecule has 0 aromatic heterocycles. The third-order valence-corrected chi connectivity index (χ3v) is 4.68. The van der Waals surface area contributed by atoms with Gasteiger partial charge in [0.25, 0.3) is 0 Å². The smallest absolute Gasteiger partial charge is 0.135 e. The first kappa shape index (κ1) is 13.4. The normalized spacial score (nSPS) is 12.6. The zero-order valence-corrected chi connectivity index (χ0v) is 13.1. The average molecular weight is 288 g/mol. The number of aryl methyl sites for hydroxylation is 2. The van der Waals surface area contributed by atoms with E-state index < -0.39 is 0 Å². The topological polar surface area (TPSA) is 9.23 Å². The SMILES string of the molecule is CCc1ccc2c(c1)COc1c-2ccc2cc(CC)ccc12. The molecule has 22 heavy (non-hydrogen) atoms. The van der Waals surface area contributed by atoms with E-state index in [2.05, 4.69) is 62.4 Å². The summed E-state index contributed by atoms with van der Waals surface area (Å²) in [5.74, 6) is 1.04. The lowest BCUT2D eigenvalue weighted by atomic mass is 9.92. The van der Waals surface area contributed by atoms with Crippen LogP contribution in [-0.4, -0.2) is 0 Å². The Hall–Kier alpha value is -2.28. The lowest BCUT2D eigenvalue weighted by molar-refractivity contribution is 0.306. The maximum atomic E-state index is 6.14. The Bertz CT molecular complexity index is 861. The molecule has 0 N–H and O–H groups in total. The predicted octanol–water partition coefficient (Wildman–Crippen LogP) is 5.52. The monoisotopic (exact) mass is 288 g/mol. The van der Waals surface area contributed by atoms with Crippen molar-refractivity contribution in [1.29, 1.82) is 0 Å². The molecule has 1 heterocycles. The molecule has 0 aliphatic carbocycles. The highest BCUT2D eigenvalue weighted by Gasteiger charge is 2.19. The van der Waals surface area contributed by atoms with Crippen molar-refractivity contribution in [2.45, 2.75) is 33.3 Å². The largest absolute Gasteiger partial charge is 0.488 e. The van der Waals surface area contributed by atoms with Gasteiger partial charge in [0.05, 0.1) is 0 Å². The van der Waals surface area contributed by atoms with Gasteiger partial charge in [0.1, 0.15) is 12.4 Å². The molecular formula is C21H20O. The van der Waals surface area contributed by atoms with Crippen molar-refractivity contribution in [3.05, 3.63) is 65.2 Å². The molecule has 0 radical (unpaired) electrons. The minimum absolute atomic E-state index is 0.671. The zero-order chi connectivity index (χ0) is 15.1. The van der Waals surface area contributed by atoms with Gasteiger partial charge in [-0.2, -0.15) is 0 Å². The third-order valence-electron chi connectivity index (χ3n) is 4.68. The first-order valence-electron chi connectivity index (χ1n) is 8.10. The Balaban J connectivity index is 1.93. The van der Waals surface area contributed by atoms with E-state index in [1.165, 1.54) is 38.6 Å². The van der Waals surface area contributed by atoms with Crippen LogP contribution in [0.4, 0.5) is 0 Å². The molecule has 3 aromatic carbocycles. The van der Waals surface area contributed by atoms with E-state index in [1.807, 2.05) is 0 Å². The van der Waals surface area contributed by atoms with Crippen LogP contribution >= 0.6 is 0 Å². The van der Waals surface area contributed by atoms with Crippen molar-refractivity contribution in [2.75, 3.05) is 0 Å². The second kappa shape index (κ2) is 5.17. The molecule has 110 valence electrons. The van der Waals surface area contributed by atoms with Gasteiger partial charge in [-0.05, 0) is 40.5 Å². The van der Waals surface area contributed by atoms with Crippen LogP contribution in [0.1, 0.15) is 30.5 Å². The van der Waals surface area contributed by atoms with Gasteiger partial charge in [-0.25, -0.2) is 0 Å². The predicted molar refractivity (Wildman–Crippen MR) is 92.5 cm³/mol. The summed E-state index contributed by atoms with van der Waals surface area (Å²) in [4.78, 5) is 0. The van der Waals surface area contributed by atoms with Gasteiger partial charge in [0, 0.05) is 10.9 Å². The van der Waals surface area contributed by atoms with E-state index in [-0.39, 0.29) is 0 Å². The second-order valence-corrected chi connectivity index (χ2v) is 5.99. The lowest BCUT2D eigenvalue weighted by Gasteiger charge is -2.23. The summed E-state index contributed by atoms with van der Waals surface area (Å²) in [6, 6.07) is 17.9. The average Bonchev–Trinajstić information content (AvgIpc) is 2.59.